The van der Waals surface area contributed by atoms with Crippen LogP contribution in [0.25, 0.3) is 0 Å². The van der Waals surface area contributed by atoms with E-state index in [1.807, 2.05) is 49.4 Å². The fraction of sp³-hybridized carbons (Fsp3) is 0.150. The Balaban J connectivity index is 1.82. The molecule has 0 spiro atoms. The first-order chi connectivity index (χ1) is 13.6. The molecule has 8 nitrogen and oxygen atoms in total. The standard InChI is InChI=1S/C20H19N5O3/c1-14-8-10-16(11-9-14)17(26)13-28-20-18(19(27)21-2)23-24-25(20)22-12-15-6-4-3-5-7-15/h3-12H,13H2,1-2H3,(H,21,27)/b22-12+. The van der Waals surface area contributed by atoms with Crippen LogP contribution in [0, 0.1) is 6.92 Å². The molecule has 8 heteroatoms. The van der Waals surface area contributed by atoms with Gasteiger partial charge in [-0.25, -0.2) is 0 Å². The van der Waals surface area contributed by atoms with Gasteiger partial charge in [0.1, 0.15) is 0 Å². The zero-order chi connectivity index (χ0) is 19.9. The van der Waals surface area contributed by atoms with Gasteiger partial charge in [-0.05, 0) is 17.7 Å². The molecule has 0 fully saturated rings. The van der Waals surface area contributed by atoms with Gasteiger partial charge in [0.25, 0.3) is 11.8 Å². The summed E-state index contributed by atoms with van der Waals surface area (Å²) in [5.41, 5.74) is 2.35. The monoisotopic (exact) mass is 377 g/mol. The molecular weight excluding hydrogens is 358 g/mol. The van der Waals surface area contributed by atoms with E-state index in [1.165, 1.54) is 7.05 Å². The van der Waals surface area contributed by atoms with Crippen LogP contribution < -0.4 is 10.1 Å². The minimum absolute atomic E-state index is 0.00741. The number of aromatic nitrogens is 3. The Morgan fingerprint density at radius 3 is 2.54 bits per heavy atom. The van der Waals surface area contributed by atoms with E-state index in [0.717, 1.165) is 15.9 Å². The Morgan fingerprint density at radius 2 is 1.86 bits per heavy atom. The lowest BCUT2D eigenvalue weighted by atomic mass is 10.1. The lowest BCUT2D eigenvalue weighted by Gasteiger charge is -2.07. The van der Waals surface area contributed by atoms with Gasteiger partial charge in [0.15, 0.2) is 12.4 Å². The largest absolute Gasteiger partial charge is 0.466 e. The van der Waals surface area contributed by atoms with Crippen LogP contribution in [0.5, 0.6) is 5.88 Å². The molecule has 0 aliphatic carbocycles. The number of Topliss-reactive ketones (excluding diaryl/α,β-unsaturated/α-hetero) is 1. The van der Waals surface area contributed by atoms with Crippen LogP contribution in [0.3, 0.4) is 0 Å². The van der Waals surface area contributed by atoms with Crippen molar-refractivity contribution in [2.75, 3.05) is 13.7 Å². The number of hydrogen-bond donors (Lipinski definition) is 1. The van der Waals surface area contributed by atoms with E-state index in [-0.39, 0.29) is 24.0 Å². The molecule has 0 unspecified atom stereocenters. The van der Waals surface area contributed by atoms with Gasteiger partial charge in [-0.2, -0.15) is 5.10 Å². The van der Waals surface area contributed by atoms with E-state index in [0.29, 0.717) is 5.56 Å². The maximum Gasteiger partial charge on any atom is 0.277 e. The highest BCUT2D eigenvalue weighted by Crippen LogP contribution is 2.16. The highest BCUT2D eigenvalue weighted by molar-refractivity contribution is 5.98. The number of amides is 1. The molecule has 0 aliphatic heterocycles. The van der Waals surface area contributed by atoms with Gasteiger partial charge in [-0.15, -0.1) is 5.10 Å². The Hall–Kier alpha value is -3.81. The zero-order valence-corrected chi connectivity index (χ0v) is 15.5. The van der Waals surface area contributed by atoms with Gasteiger partial charge in [0, 0.05) is 12.6 Å². The lowest BCUT2D eigenvalue weighted by Crippen LogP contribution is -2.21. The Bertz CT molecular complexity index is 994. The van der Waals surface area contributed by atoms with Crippen molar-refractivity contribution in [1.29, 1.82) is 0 Å². The molecule has 3 rings (SSSR count). The predicted octanol–water partition coefficient (Wildman–Crippen LogP) is 2.09. The number of hydrogen-bond acceptors (Lipinski definition) is 6. The van der Waals surface area contributed by atoms with E-state index in [1.54, 1.807) is 18.3 Å². The van der Waals surface area contributed by atoms with Gasteiger partial charge >= 0.3 is 0 Å². The molecule has 1 N–H and O–H groups in total. The molecule has 2 aromatic carbocycles. The molecule has 1 aromatic heterocycles. The third-order valence-corrected chi connectivity index (χ3v) is 3.89. The van der Waals surface area contributed by atoms with Crippen molar-refractivity contribution in [3.63, 3.8) is 0 Å². The predicted molar refractivity (Wildman–Crippen MR) is 104 cm³/mol. The molecule has 0 saturated carbocycles. The molecule has 28 heavy (non-hydrogen) atoms. The molecule has 142 valence electrons. The second-order valence-corrected chi connectivity index (χ2v) is 5.94. The average Bonchev–Trinajstić information content (AvgIpc) is 3.14. The second-order valence-electron chi connectivity index (χ2n) is 5.94. The van der Waals surface area contributed by atoms with E-state index in [2.05, 4.69) is 20.7 Å². The van der Waals surface area contributed by atoms with Crippen LogP contribution in [0.2, 0.25) is 0 Å². The van der Waals surface area contributed by atoms with Gasteiger partial charge in [0.05, 0.1) is 6.21 Å². The number of rotatable bonds is 7. The summed E-state index contributed by atoms with van der Waals surface area (Å²) in [5.74, 6) is -0.728. The number of carbonyl (C=O) groups is 2. The Kier molecular flexibility index (Phi) is 5.91. The van der Waals surface area contributed by atoms with Crippen molar-refractivity contribution < 1.29 is 14.3 Å². The SMILES string of the molecule is CNC(=O)c1nnn(/N=C/c2ccccc2)c1OCC(=O)c1ccc(C)cc1. The third kappa shape index (κ3) is 4.47. The van der Waals surface area contributed by atoms with Gasteiger partial charge in [0.2, 0.25) is 5.69 Å². The van der Waals surface area contributed by atoms with Crippen molar-refractivity contribution >= 4 is 17.9 Å². The minimum Gasteiger partial charge on any atom is -0.466 e. The topological polar surface area (TPSA) is 98.5 Å². The van der Waals surface area contributed by atoms with E-state index in [9.17, 15) is 9.59 Å². The quantitative estimate of drug-likeness (QED) is 0.502. The average molecular weight is 377 g/mol. The summed E-state index contributed by atoms with van der Waals surface area (Å²) < 4.78 is 5.58. The van der Waals surface area contributed by atoms with Crippen molar-refractivity contribution in [2.24, 2.45) is 5.10 Å². The van der Waals surface area contributed by atoms with Crippen molar-refractivity contribution in [2.45, 2.75) is 6.92 Å². The fourth-order valence-electron chi connectivity index (χ4n) is 2.34. The molecule has 3 aromatic rings. The molecule has 0 bridgehead atoms. The summed E-state index contributed by atoms with van der Waals surface area (Å²) in [7, 11) is 1.47. The summed E-state index contributed by atoms with van der Waals surface area (Å²) in [6, 6.07) is 16.5. The smallest absolute Gasteiger partial charge is 0.277 e. The lowest BCUT2D eigenvalue weighted by molar-refractivity contribution is 0.0898. The summed E-state index contributed by atoms with van der Waals surface area (Å²) in [5, 5.41) is 14.3. The van der Waals surface area contributed by atoms with Crippen LogP contribution in [-0.4, -0.2) is 46.7 Å². The molecule has 1 amide bonds. The van der Waals surface area contributed by atoms with Crippen LogP contribution >= 0.6 is 0 Å². The van der Waals surface area contributed by atoms with Crippen molar-refractivity contribution in [3.05, 3.63) is 77.0 Å². The first kappa shape index (κ1) is 19.0. The van der Waals surface area contributed by atoms with Crippen LogP contribution in [-0.2, 0) is 0 Å². The molecule has 0 atom stereocenters. The number of ether oxygens (including phenoxy) is 1. The first-order valence-electron chi connectivity index (χ1n) is 8.58. The third-order valence-electron chi connectivity index (χ3n) is 3.89. The number of carbonyl (C=O) groups excluding carboxylic acids is 2. The Morgan fingerprint density at radius 1 is 1.14 bits per heavy atom. The number of ketones is 1. The molecule has 0 saturated heterocycles. The van der Waals surface area contributed by atoms with E-state index >= 15 is 0 Å². The number of nitrogens with one attached hydrogen (secondary N) is 1. The van der Waals surface area contributed by atoms with Gasteiger partial charge in [-0.3, -0.25) is 9.59 Å². The molecular formula is C20H19N5O3. The zero-order valence-electron chi connectivity index (χ0n) is 15.5. The molecule has 0 aliphatic rings. The normalized spacial score (nSPS) is 10.8. The Labute approximate surface area is 161 Å². The number of nitrogens with zero attached hydrogens (tertiary/aromatic N) is 4. The van der Waals surface area contributed by atoms with Crippen LogP contribution in [0.4, 0.5) is 0 Å². The van der Waals surface area contributed by atoms with Gasteiger partial charge < -0.3 is 10.1 Å². The minimum atomic E-state index is -0.487. The summed E-state index contributed by atoms with van der Waals surface area (Å²) in [6.45, 7) is 1.66. The summed E-state index contributed by atoms with van der Waals surface area (Å²) in [6.07, 6.45) is 1.55. The molecule has 0 radical (unpaired) electrons. The fourth-order valence-corrected chi connectivity index (χ4v) is 2.34. The number of aryl methyl sites for hydroxylation is 1. The first-order valence-corrected chi connectivity index (χ1v) is 8.58. The van der Waals surface area contributed by atoms with E-state index < -0.39 is 5.91 Å². The second kappa shape index (κ2) is 8.72. The number of benzene rings is 2. The van der Waals surface area contributed by atoms with E-state index in [4.69, 9.17) is 4.74 Å². The summed E-state index contributed by atoms with van der Waals surface area (Å²) in [4.78, 5) is 25.5. The highest BCUT2D eigenvalue weighted by atomic mass is 16.5. The van der Waals surface area contributed by atoms with Crippen LogP contribution in [0.1, 0.15) is 32.0 Å². The summed E-state index contributed by atoms with van der Waals surface area (Å²) >= 11 is 0. The maximum absolute atomic E-state index is 12.4. The maximum atomic E-state index is 12.4. The van der Waals surface area contributed by atoms with Crippen LogP contribution in [0.15, 0.2) is 59.7 Å². The highest BCUT2D eigenvalue weighted by Gasteiger charge is 2.21. The van der Waals surface area contributed by atoms with Crippen molar-refractivity contribution in [3.8, 4) is 5.88 Å². The van der Waals surface area contributed by atoms with Crippen molar-refractivity contribution in [1.82, 2.24) is 20.4 Å². The van der Waals surface area contributed by atoms with Gasteiger partial charge in [-0.1, -0.05) is 65.0 Å². The molecule has 1 heterocycles.